The minimum Gasteiger partial charge on any atom is -0.454 e. The van der Waals surface area contributed by atoms with E-state index in [2.05, 4.69) is 5.16 Å². The van der Waals surface area contributed by atoms with E-state index in [0.717, 1.165) is 61.4 Å². The van der Waals surface area contributed by atoms with Crippen molar-refractivity contribution in [3.63, 3.8) is 0 Å². The fraction of sp³-hybridized carbons (Fsp3) is 0.400. The Morgan fingerprint density at radius 3 is 2.81 bits per heavy atom. The third kappa shape index (κ3) is 2.59. The van der Waals surface area contributed by atoms with E-state index in [4.69, 9.17) is 18.7 Å². The molecule has 1 aromatic heterocycles. The Kier molecular flexibility index (Phi) is 3.25. The number of nitrogens with one attached hydrogen (secondary N) is 1. The van der Waals surface area contributed by atoms with Crippen molar-refractivity contribution in [2.75, 3.05) is 33.1 Å². The van der Waals surface area contributed by atoms with Gasteiger partial charge >= 0.3 is 0 Å². The van der Waals surface area contributed by atoms with Gasteiger partial charge in [0.2, 0.25) is 6.79 Å². The highest BCUT2D eigenvalue weighted by Crippen LogP contribution is 2.35. The molecule has 21 heavy (non-hydrogen) atoms. The molecule has 0 saturated carbocycles. The second-order valence-corrected chi connectivity index (χ2v) is 5.29. The lowest BCUT2D eigenvalue weighted by Crippen LogP contribution is -3.12. The average Bonchev–Trinajstić information content (AvgIpc) is 3.16. The van der Waals surface area contributed by atoms with Crippen molar-refractivity contribution in [1.82, 2.24) is 5.16 Å². The zero-order chi connectivity index (χ0) is 14.1. The molecule has 0 atom stereocenters. The van der Waals surface area contributed by atoms with Crippen LogP contribution in [0.3, 0.4) is 0 Å². The van der Waals surface area contributed by atoms with Crippen molar-refractivity contribution in [2.24, 2.45) is 0 Å². The molecule has 0 amide bonds. The van der Waals surface area contributed by atoms with Crippen LogP contribution in [0.1, 0.15) is 5.76 Å². The Balaban J connectivity index is 1.51. The third-order valence-electron chi connectivity index (χ3n) is 3.85. The number of aromatic nitrogens is 1. The summed E-state index contributed by atoms with van der Waals surface area (Å²) in [5.74, 6) is 2.44. The number of rotatable bonds is 3. The van der Waals surface area contributed by atoms with E-state index in [1.807, 2.05) is 24.3 Å². The molecule has 110 valence electrons. The molecule has 0 bridgehead atoms. The van der Waals surface area contributed by atoms with Crippen molar-refractivity contribution in [1.29, 1.82) is 0 Å². The maximum absolute atomic E-state index is 5.46. The average molecular weight is 289 g/mol. The van der Waals surface area contributed by atoms with Gasteiger partial charge in [-0.3, -0.25) is 0 Å². The molecule has 2 aromatic rings. The molecule has 0 radical (unpaired) electrons. The summed E-state index contributed by atoms with van der Waals surface area (Å²) in [6, 6.07) is 7.81. The second kappa shape index (κ2) is 5.38. The van der Waals surface area contributed by atoms with Crippen molar-refractivity contribution in [3.05, 3.63) is 30.0 Å². The van der Waals surface area contributed by atoms with Crippen LogP contribution in [0.15, 0.2) is 28.8 Å². The van der Waals surface area contributed by atoms with Crippen LogP contribution >= 0.6 is 0 Å². The third-order valence-corrected chi connectivity index (χ3v) is 3.85. The molecule has 1 N–H and O–H groups in total. The summed E-state index contributed by atoms with van der Waals surface area (Å²) in [5.41, 5.74) is 1.81. The van der Waals surface area contributed by atoms with Crippen LogP contribution in [0.25, 0.3) is 11.3 Å². The number of benzene rings is 1. The molecular formula is C15H17N2O4+. The van der Waals surface area contributed by atoms with Gasteiger partial charge < -0.3 is 23.6 Å². The number of fused-ring (bicyclic) bond motifs is 1. The van der Waals surface area contributed by atoms with E-state index < -0.39 is 0 Å². The van der Waals surface area contributed by atoms with E-state index in [1.54, 1.807) is 0 Å². The van der Waals surface area contributed by atoms with Crippen LogP contribution in [0.4, 0.5) is 0 Å². The van der Waals surface area contributed by atoms with Gasteiger partial charge in [-0.25, -0.2) is 0 Å². The van der Waals surface area contributed by atoms with E-state index in [1.165, 1.54) is 4.90 Å². The molecule has 1 saturated heterocycles. The summed E-state index contributed by atoms with van der Waals surface area (Å²) in [7, 11) is 0. The quantitative estimate of drug-likeness (QED) is 0.891. The van der Waals surface area contributed by atoms with Crippen LogP contribution < -0.4 is 14.4 Å². The number of quaternary nitrogens is 1. The van der Waals surface area contributed by atoms with Gasteiger partial charge in [-0.05, 0) is 18.2 Å². The van der Waals surface area contributed by atoms with E-state index in [9.17, 15) is 0 Å². The maximum Gasteiger partial charge on any atom is 0.231 e. The summed E-state index contributed by atoms with van der Waals surface area (Å²) in [6.07, 6.45) is 0. The van der Waals surface area contributed by atoms with Crippen molar-refractivity contribution in [3.8, 4) is 22.8 Å². The zero-order valence-electron chi connectivity index (χ0n) is 11.6. The standard InChI is InChI=1S/C15H16N2O4/c1-2-14-15(20-10-19-14)7-11(1)13-8-12(21-16-13)9-17-3-5-18-6-4-17/h1-2,7-8H,3-6,9-10H2/p+1. The summed E-state index contributed by atoms with van der Waals surface area (Å²) in [6.45, 7) is 4.79. The molecule has 2 aliphatic heterocycles. The summed E-state index contributed by atoms with van der Waals surface area (Å²) >= 11 is 0. The van der Waals surface area contributed by atoms with E-state index in [-0.39, 0.29) is 6.79 Å². The summed E-state index contributed by atoms with van der Waals surface area (Å²) < 4.78 is 21.5. The molecule has 1 aromatic carbocycles. The van der Waals surface area contributed by atoms with Crippen LogP contribution in [0.5, 0.6) is 11.5 Å². The first-order valence-electron chi connectivity index (χ1n) is 7.15. The van der Waals surface area contributed by atoms with Crippen LogP contribution in [-0.4, -0.2) is 38.3 Å². The number of morpholine rings is 1. The maximum atomic E-state index is 5.46. The molecule has 1 fully saturated rings. The Morgan fingerprint density at radius 1 is 1.05 bits per heavy atom. The highest BCUT2D eigenvalue weighted by atomic mass is 16.7. The molecule has 0 aliphatic carbocycles. The molecule has 6 heteroatoms. The Morgan fingerprint density at radius 2 is 1.90 bits per heavy atom. The van der Waals surface area contributed by atoms with Crippen molar-refractivity contribution >= 4 is 0 Å². The molecular weight excluding hydrogens is 272 g/mol. The SMILES string of the molecule is c1cc2c(cc1-c1cc(C[NH+]3CCOCC3)on1)OCO2. The fourth-order valence-corrected chi connectivity index (χ4v) is 2.67. The first-order chi connectivity index (χ1) is 10.4. The van der Waals surface area contributed by atoms with Crippen LogP contribution in [-0.2, 0) is 11.3 Å². The second-order valence-electron chi connectivity index (χ2n) is 5.29. The molecule has 2 aliphatic rings. The topological polar surface area (TPSA) is 58.2 Å². The Labute approximate surface area is 122 Å². The highest BCUT2D eigenvalue weighted by Gasteiger charge is 2.19. The monoisotopic (exact) mass is 289 g/mol. The van der Waals surface area contributed by atoms with Gasteiger partial charge in [0.05, 0.1) is 13.2 Å². The fourth-order valence-electron chi connectivity index (χ4n) is 2.67. The highest BCUT2D eigenvalue weighted by molar-refractivity contribution is 5.64. The summed E-state index contributed by atoms with van der Waals surface area (Å²) in [4.78, 5) is 1.47. The first kappa shape index (κ1) is 12.7. The Hall–Kier alpha value is -2.05. The lowest BCUT2D eigenvalue weighted by atomic mass is 10.1. The van der Waals surface area contributed by atoms with E-state index in [0.29, 0.717) is 0 Å². The van der Waals surface area contributed by atoms with Gasteiger partial charge in [0.1, 0.15) is 25.3 Å². The largest absolute Gasteiger partial charge is 0.454 e. The molecule has 6 nitrogen and oxygen atoms in total. The van der Waals surface area contributed by atoms with Crippen LogP contribution in [0, 0.1) is 0 Å². The minimum atomic E-state index is 0.281. The minimum absolute atomic E-state index is 0.281. The molecule has 4 rings (SSSR count). The van der Waals surface area contributed by atoms with E-state index >= 15 is 0 Å². The first-order valence-corrected chi connectivity index (χ1v) is 7.15. The predicted molar refractivity (Wildman–Crippen MR) is 73.3 cm³/mol. The van der Waals surface area contributed by atoms with Crippen molar-refractivity contribution in [2.45, 2.75) is 6.54 Å². The van der Waals surface area contributed by atoms with Gasteiger partial charge in [0.25, 0.3) is 0 Å². The predicted octanol–water partition coefficient (Wildman–Crippen LogP) is 0.485. The van der Waals surface area contributed by atoms with Crippen molar-refractivity contribution < 1.29 is 23.6 Å². The number of hydrogen-bond acceptors (Lipinski definition) is 5. The molecule has 0 spiro atoms. The van der Waals surface area contributed by atoms with Crippen LogP contribution in [0.2, 0.25) is 0 Å². The van der Waals surface area contributed by atoms with Gasteiger partial charge in [-0.15, -0.1) is 0 Å². The smallest absolute Gasteiger partial charge is 0.231 e. The lowest BCUT2D eigenvalue weighted by Gasteiger charge is -2.22. The number of ether oxygens (including phenoxy) is 3. The molecule has 3 heterocycles. The lowest BCUT2D eigenvalue weighted by molar-refractivity contribution is -0.922. The molecule has 0 unspecified atom stereocenters. The normalized spacial score (nSPS) is 18.1. The van der Waals surface area contributed by atoms with Gasteiger partial charge in [0, 0.05) is 11.6 Å². The Bertz CT molecular complexity index is 634. The van der Waals surface area contributed by atoms with Gasteiger partial charge in [-0.1, -0.05) is 5.16 Å². The summed E-state index contributed by atoms with van der Waals surface area (Å²) in [5, 5.41) is 4.16. The van der Waals surface area contributed by atoms with Gasteiger partial charge in [-0.2, -0.15) is 0 Å². The van der Waals surface area contributed by atoms with Gasteiger partial charge in [0.15, 0.2) is 17.3 Å². The zero-order valence-corrected chi connectivity index (χ0v) is 11.6. The number of hydrogen-bond donors (Lipinski definition) is 1. The number of nitrogens with zero attached hydrogens (tertiary/aromatic N) is 1.